The molecule has 2 rings (SSSR count). The number of nitriles is 1. The lowest BCUT2D eigenvalue weighted by Crippen LogP contribution is -2.44. The van der Waals surface area contributed by atoms with Crippen LogP contribution in [0, 0.1) is 17.1 Å². The third-order valence-electron chi connectivity index (χ3n) is 3.25. The van der Waals surface area contributed by atoms with Crippen LogP contribution < -0.4 is 10.2 Å². The van der Waals surface area contributed by atoms with Crippen molar-refractivity contribution in [3.05, 3.63) is 29.6 Å². The Labute approximate surface area is 101 Å². The summed E-state index contributed by atoms with van der Waals surface area (Å²) >= 11 is 0. The molecule has 1 aromatic rings. The van der Waals surface area contributed by atoms with Gasteiger partial charge in [-0.3, -0.25) is 0 Å². The Kier molecular flexibility index (Phi) is 3.60. The third kappa shape index (κ3) is 2.56. The van der Waals surface area contributed by atoms with Crippen LogP contribution >= 0.6 is 0 Å². The number of halogens is 1. The van der Waals surface area contributed by atoms with E-state index in [-0.39, 0.29) is 5.82 Å². The number of nitrogens with zero attached hydrogens (tertiary/aromatic N) is 2. The fourth-order valence-electron chi connectivity index (χ4n) is 2.31. The van der Waals surface area contributed by atoms with E-state index in [4.69, 9.17) is 5.26 Å². The maximum atomic E-state index is 13.1. The minimum atomic E-state index is -0.354. The van der Waals surface area contributed by atoms with Crippen LogP contribution in [-0.4, -0.2) is 26.2 Å². The number of piperidine rings is 1. The summed E-state index contributed by atoms with van der Waals surface area (Å²) in [7, 11) is 1.95. The van der Waals surface area contributed by atoms with Crippen LogP contribution in [-0.2, 0) is 0 Å². The molecule has 1 atom stereocenters. The summed E-state index contributed by atoms with van der Waals surface area (Å²) in [5, 5.41) is 12.3. The quantitative estimate of drug-likeness (QED) is 0.847. The van der Waals surface area contributed by atoms with Crippen LogP contribution in [0.3, 0.4) is 0 Å². The zero-order valence-electron chi connectivity index (χ0n) is 9.91. The van der Waals surface area contributed by atoms with E-state index in [2.05, 4.69) is 16.3 Å². The normalized spacial score (nSPS) is 20.1. The zero-order valence-corrected chi connectivity index (χ0v) is 9.91. The first-order valence-corrected chi connectivity index (χ1v) is 5.86. The van der Waals surface area contributed by atoms with Crippen molar-refractivity contribution < 1.29 is 4.39 Å². The van der Waals surface area contributed by atoms with Gasteiger partial charge in [0.2, 0.25) is 0 Å². The Balaban J connectivity index is 2.24. The first-order valence-electron chi connectivity index (χ1n) is 5.86. The van der Waals surface area contributed by atoms with E-state index in [0.29, 0.717) is 11.6 Å². The van der Waals surface area contributed by atoms with Crippen molar-refractivity contribution in [2.75, 3.05) is 25.0 Å². The Bertz CT molecular complexity index is 439. The second-order valence-corrected chi connectivity index (χ2v) is 4.35. The number of hydrogen-bond donors (Lipinski definition) is 1. The van der Waals surface area contributed by atoms with Crippen molar-refractivity contribution in [1.29, 1.82) is 5.26 Å². The maximum Gasteiger partial charge on any atom is 0.124 e. The number of hydrogen-bond acceptors (Lipinski definition) is 3. The Hall–Kier alpha value is -1.60. The average molecular weight is 233 g/mol. The predicted molar refractivity (Wildman–Crippen MR) is 65.4 cm³/mol. The second kappa shape index (κ2) is 5.15. The molecule has 0 radical (unpaired) electrons. The summed E-state index contributed by atoms with van der Waals surface area (Å²) < 4.78 is 13.1. The van der Waals surface area contributed by atoms with Gasteiger partial charge in [-0.15, -0.1) is 0 Å². The largest absolute Gasteiger partial charge is 0.369 e. The summed E-state index contributed by atoms with van der Waals surface area (Å²) in [6.45, 7) is 1.80. The Morgan fingerprint density at radius 1 is 1.53 bits per heavy atom. The molecule has 1 N–H and O–H groups in total. The van der Waals surface area contributed by atoms with Gasteiger partial charge in [0.25, 0.3) is 0 Å². The van der Waals surface area contributed by atoms with Gasteiger partial charge in [0.1, 0.15) is 11.9 Å². The van der Waals surface area contributed by atoms with Crippen LogP contribution in [0.1, 0.15) is 18.4 Å². The van der Waals surface area contributed by atoms with E-state index in [9.17, 15) is 4.39 Å². The smallest absolute Gasteiger partial charge is 0.124 e. The number of nitrogens with one attached hydrogen (secondary N) is 1. The Morgan fingerprint density at radius 3 is 3.06 bits per heavy atom. The van der Waals surface area contributed by atoms with Gasteiger partial charge in [0.15, 0.2) is 0 Å². The fourth-order valence-corrected chi connectivity index (χ4v) is 2.31. The van der Waals surface area contributed by atoms with E-state index in [1.807, 2.05) is 7.05 Å². The molecular formula is C13H16FN3. The second-order valence-electron chi connectivity index (χ2n) is 4.35. The number of anilines is 1. The summed E-state index contributed by atoms with van der Waals surface area (Å²) in [5.41, 5.74) is 1.26. The molecule has 0 aliphatic carbocycles. The van der Waals surface area contributed by atoms with Crippen molar-refractivity contribution >= 4 is 5.69 Å². The monoisotopic (exact) mass is 233 g/mol. The van der Waals surface area contributed by atoms with Gasteiger partial charge in [-0.05, 0) is 38.1 Å². The number of rotatable bonds is 2. The first-order chi connectivity index (χ1) is 8.24. The van der Waals surface area contributed by atoms with E-state index in [1.54, 1.807) is 6.07 Å². The van der Waals surface area contributed by atoms with E-state index < -0.39 is 0 Å². The topological polar surface area (TPSA) is 39.1 Å². The lowest BCUT2D eigenvalue weighted by molar-refractivity contribution is 0.449. The highest BCUT2D eigenvalue weighted by atomic mass is 19.1. The van der Waals surface area contributed by atoms with Gasteiger partial charge in [0, 0.05) is 19.1 Å². The Morgan fingerprint density at radius 2 is 2.35 bits per heavy atom. The average Bonchev–Trinajstić information content (AvgIpc) is 2.38. The molecule has 1 unspecified atom stereocenters. The lowest BCUT2D eigenvalue weighted by Gasteiger charge is -2.34. The zero-order chi connectivity index (χ0) is 12.3. The van der Waals surface area contributed by atoms with Gasteiger partial charge < -0.3 is 10.2 Å². The first kappa shape index (κ1) is 11.9. The molecule has 17 heavy (non-hydrogen) atoms. The highest BCUT2D eigenvalue weighted by Crippen LogP contribution is 2.24. The molecule has 4 heteroatoms. The van der Waals surface area contributed by atoms with Crippen LogP contribution in [0.25, 0.3) is 0 Å². The molecule has 1 aliphatic rings. The molecule has 0 bridgehead atoms. The molecular weight excluding hydrogens is 217 g/mol. The number of likely N-dealkylation sites (N-methyl/N-ethyl adjacent to an activating group) is 1. The molecule has 1 heterocycles. The van der Waals surface area contributed by atoms with Crippen LogP contribution in [0.2, 0.25) is 0 Å². The molecule has 1 aromatic carbocycles. The molecule has 0 aromatic heterocycles. The highest BCUT2D eigenvalue weighted by molar-refractivity contribution is 5.59. The van der Waals surface area contributed by atoms with E-state index in [1.165, 1.54) is 12.1 Å². The predicted octanol–water partition coefficient (Wildman–Crippen LogP) is 1.89. The summed E-state index contributed by atoms with van der Waals surface area (Å²) in [6, 6.07) is 6.93. The van der Waals surface area contributed by atoms with Gasteiger partial charge in [-0.25, -0.2) is 4.39 Å². The summed E-state index contributed by atoms with van der Waals surface area (Å²) in [5.74, 6) is -0.354. The highest BCUT2D eigenvalue weighted by Gasteiger charge is 2.20. The van der Waals surface area contributed by atoms with Crippen LogP contribution in [0.15, 0.2) is 18.2 Å². The maximum absolute atomic E-state index is 13.1. The van der Waals surface area contributed by atoms with Crippen molar-refractivity contribution in [3.63, 3.8) is 0 Å². The van der Waals surface area contributed by atoms with Crippen molar-refractivity contribution in [2.45, 2.75) is 18.9 Å². The van der Waals surface area contributed by atoms with Crippen LogP contribution in [0.4, 0.5) is 10.1 Å². The minimum absolute atomic E-state index is 0.354. The van der Waals surface area contributed by atoms with E-state index in [0.717, 1.165) is 31.6 Å². The third-order valence-corrected chi connectivity index (χ3v) is 3.25. The molecule has 0 amide bonds. The number of benzene rings is 1. The molecule has 90 valence electrons. The van der Waals surface area contributed by atoms with Crippen molar-refractivity contribution in [1.82, 2.24) is 5.32 Å². The van der Waals surface area contributed by atoms with Gasteiger partial charge in [0.05, 0.1) is 11.3 Å². The van der Waals surface area contributed by atoms with Gasteiger partial charge in [-0.1, -0.05) is 0 Å². The standard InChI is InChI=1S/C13H16FN3/c1-16-12-3-2-6-17(9-12)13-5-4-11(14)7-10(13)8-15/h4-5,7,12,16H,2-3,6,9H2,1H3. The summed E-state index contributed by atoms with van der Waals surface area (Å²) in [4.78, 5) is 2.16. The van der Waals surface area contributed by atoms with E-state index >= 15 is 0 Å². The summed E-state index contributed by atoms with van der Waals surface area (Å²) in [6.07, 6.45) is 2.24. The van der Waals surface area contributed by atoms with Gasteiger partial charge in [-0.2, -0.15) is 5.26 Å². The van der Waals surface area contributed by atoms with Crippen LogP contribution in [0.5, 0.6) is 0 Å². The van der Waals surface area contributed by atoms with Crippen molar-refractivity contribution in [3.8, 4) is 6.07 Å². The molecule has 1 aliphatic heterocycles. The van der Waals surface area contributed by atoms with Crippen molar-refractivity contribution in [2.24, 2.45) is 0 Å². The molecule has 3 nitrogen and oxygen atoms in total. The SMILES string of the molecule is CNC1CCCN(c2ccc(F)cc2C#N)C1. The molecule has 1 fully saturated rings. The lowest BCUT2D eigenvalue weighted by atomic mass is 10.0. The molecule has 1 saturated heterocycles. The molecule has 0 spiro atoms. The minimum Gasteiger partial charge on any atom is -0.369 e. The van der Waals surface area contributed by atoms with Gasteiger partial charge >= 0.3 is 0 Å². The molecule has 0 saturated carbocycles. The fraction of sp³-hybridized carbons (Fsp3) is 0.462.